The van der Waals surface area contributed by atoms with Crippen molar-refractivity contribution < 1.29 is 24.5 Å². The quantitative estimate of drug-likeness (QED) is 0.723. The van der Waals surface area contributed by atoms with Gasteiger partial charge < -0.3 is 20.3 Å². The van der Waals surface area contributed by atoms with Crippen LogP contribution in [0.1, 0.15) is 60.8 Å². The van der Waals surface area contributed by atoms with Gasteiger partial charge in [0, 0.05) is 18.6 Å². The van der Waals surface area contributed by atoms with Crippen LogP contribution in [0, 0.1) is 0 Å². The molecule has 0 radical (unpaired) electrons. The van der Waals surface area contributed by atoms with Gasteiger partial charge in [-0.25, -0.2) is 4.79 Å². The van der Waals surface area contributed by atoms with E-state index in [0.29, 0.717) is 12.8 Å². The smallest absolute Gasteiger partial charge is 0.407 e. The average molecular weight is 291 g/mol. The Bertz CT molecular complexity index is 281. The van der Waals surface area contributed by atoms with Crippen LogP contribution < -0.4 is 5.32 Å². The molecule has 1 amide bonds. The third-order valence-corrected chi connectivity index (χ3v) is 1.92. The van der Waals surface area contributed by atoms with Gasteiger partial charge in [0.05, 0.1) is 0 Å². The van der Waals surface area contributed by atoms with Crippen molar-refractivity contribution in [3.8, 4) is 0 Å². The summed E-state index contributed by atoms with van der Waals surface area (Å²) in [5.74, 6) is -0.857. The van der Waals surface area contributed by atoms with Gasteiger partial charge in [0.15, 0.2) is 0 Å². The molecule has 3 N–H and O–H groups in total. The lowest BCUT2D eigenvalue weighted by Gasteiger charge is -2.22. The van der Waals surface area contributed by atoms with E-state index in [2.05, 4.69) is 5.32 Å². The highest BCUT2D eigenvalue weighted by Crippen LogP contribution is 2.08. The van der Waals surface area contributed by atoms with E-state index < -0.39 is 17.7 Å². The number of carboxylic acid groups (broad SMARTS) is 1. The van der Waals surface area contributed by atoms with Crippen molar-refractivity contribution in [2.75, 3.05) is 0 Å². The first kappa shape index (κ1) is 21.0. The number of carbonyl (C=O) groups excluding carboxylic acids is 1. The van der Waals surface area contributed by atoms with Crippen LogP contribution in [0.3, 0.4) is 0 Å². The lowest BCUT2D eigenvalue weighted by atomic mass is 10.1. The number of amides is 1. The van der Waals surface area contributed by atoms with Crippen LogP contribution in [-0.4, -0.2) is 40.0 Å². The number of ether oxygens (including phenoxy) is 1. The topological polar surface area (TPSA) is 95.9 Å². The second-order valence-corrected chi connectivity index (χ2v) is 5.78. The van der Waals surface area contributed by atoms with E-state index in [9.17, 15) is 9.59 Å². The number of carbonyl (C=O) groups is 2. The third kappa shape index (κ3) is 19.0. The number of carboxylic acids is 1. The van der Waals surface area contributed by atoms with E-state index in [4.69, 9.17) is 14.9 Å². The Kier molecular flexibility index (Phi) is 11.0. The van der Waals surface area contributed by atoms with Crippen molar-refractivity contribution in [2.45, 2.75) is 78.6 Å². The minimum atomic E-state index is -0.857. The number of nitrogens with one attached hydrogen (secondary N) is 1. The van der Waals surface area contributed by atoms with Crippen LogP contribution in [0.4, 0.5) is 4.79 Å². The zero-order chi connectivity index (χ0) is 16.3. The Morgan fingerprint density at radius 2 is 1.70 bits per heavy atom. The lowest BCUT2D eigenvalue weighted by molar-refractivity contribution is -0.137. The predicted octanol–water partition coefficient (Wildman–Crippen LogP) is 2.54. The van der Waals surface area contributed by atoms with Gasteiger partial charge in [0.1, 0.15) is 5.60 Å². The minimum absolute atomic E-state index is 0.0499. The molecule has 0 aliphatic heterocycles. The molecule has 0 aromatic rings. The molecule has 0 aliphatic carbocycles. The zero-order valence-electron chi connectivity index (χ0n) is 13.4. The van der Waals surface area contributed by atoms with Crippen molar-refractivity contribution in [1.82, 2.24) is 5.32 Å². The monoisotopic (exact) mass is 291 g/mol. The number of aliphatic carboxylic acids is 1. The van der Waals surface area contributed by atoms with Crippen LogP contribution in [0.2, 0.25) is 0 Å². The summed E-state index contributed by atoms with van der Waals surface area (Å²) in [7, 11) is 0. The maximum Gasteiger partial charge on any atom is 0.407 e. The SMILES string of the molecule is CC(C)O.CCC(CCC(=O)O)NC(=O)OC(C)(C)C. The molecule has 20 heavy (non-hydrogen) atoms. The molecule has 1 unspecified atom stereocenters. The number of hydrogen-bond donors (Lipinski definition) is 3. The van der Waals surface area contributed by atoms with Gasteiger partial charge in [0.2, 0.25) is 0 Å². The molecule has 0 saturated carbocycles. The van der Waals surface area contributed by atoms with Gasteiger partial charge >= 0.3 is 12.1 Å². The molecule has 0 aliphatic rings. The molecule has 6 nitrogen and oxygen atoms in total. The van der Waals surface area contributed by atoms with Crippen LogP contribution in [0.25, 0.3) is 0 Å². The van der Waals surface area contributed by atoms with Gasteiger partial charge in [-0.15, -0.1) is 0 Å². The molecule has 0 aromatic carbocycles. The Balaban J connectivity index is 0. The molecular formula is C14H29NO5. The van der Waals surface area contributed by atoms with Crippen molar-refractivity contribution in [3.63, 3.8) is 0 Å². The third-order valence-electron chi connectivity index (χ3n) is 1.92. The van der Waals surface area contributed by atoms with Gasteiger partial charge in [0.25, 0.3) is 0 Å². The molecule has 6 heteroatoms. The molecule has 1 atom stereocenters. The Morgan fingerprint density at radius 1 is 1.25 bits per heavy atom. The highest BCUT2D eigenvalue weighted by atomic mass is 16.6. The zero-order valence-corrected chi connectivity index (χ0v) is 13.4. The minimum Gasteiger partial charge on any atom is -0.481 e. The summed E-state index contributed by atoms with van der Waals surface area (Å²) < 4.78 is 5.08. The van der Waals surface area contributed by atoms with E-state index in [-0.39, 0.29) is 18.6 Å². The summed E-state index contributed by atoms with van der Waals surface area (Å²) in [6, 6.07) is -0.147. The van der Waals surface area contributed by atoms with Crippen molar-refractivity contribution in [2.24, 2.45) is 0 Å². The van der Waals surface area contributed by atoms with E-state index in [0.717, 1.165) is 0 Å². The summed E-state index contributed by atoms with van der Waals surface area (Å²) >= 11 is 0. The van der Waals surface area contributed by atoms with Crippen LogP contribution >= 0.6 is 0 Å². The van der Waals surface area contributed by atoms with Crippen LogP contribution in [0.5, 0.6) is 0 Å². The fraction of sp³-hybridized carbons (Fsp3) is 0.857. The number of aliphatic hydroxyl groups is 1. The average Bonchev–Trinajstić information content (AvgIpc) is 2.20. The molecule has 120 valence electrons. The standard InChI is InChI=1S/C11H21NO4.C3H8O/c1-5-8(6-7-9(13)14)12-10(15)16-11(2,3)4;1-3(2)4/h8H,5-7H2,1-4H3,(H,12,15)(H,13,14);3-4H,1-2H3. The van der Waals surface area contributed by atoms with Gasteiger partial charge in [-0.05, 0) is 47.5 Å². The Morgan fingerprint density at radius 3 is 2.00 bits per heavy atom. The molecule has 0 heterocycles. The lowest BCUT2D eigenvalue weighted by Crippen LogP contribution is -2.39. The van der Waals surface area contributed by atoms with Crippen molar-refractivity contribution >= 4 is 12.1 Å². The van der Waals surface area contributed by atoms with E-state index >= 15 is 0 Å². The second kappa shape index (κ2) is 10.5. The Hall–Kier alpha value is -1.30. The number of alkyl carbamates (subject to hydrolysis) is 1. The highest BCUT2D eigenvalue weighted by Gasteiger charge is 2.18. The van der Waals surface area contributed by atoms with Crippen molar-refractivity contribution in [3.05, 3.63) is 0 Å². The molecule has 0 saturated heterocycles. The molecule has 0 spiro atoms. The van der Waals surface area contributed by atoms with Crippen molar-refractivity contribution in [1.29, 1.82) is 0 Å². The molecule has 0 bridgehead atoms. The highest BCUT2D eigenvalue weighted by molar-refractivity contribution is 5.69. The summed E-state index contributed by atoms with van der Waals surface area (Å²) in [6.07, 6.45) is 0.496. The van der Waals surface area contributed by atoms with E-state index in [1.165, 1.54) is 0 Å². The van der Waals surface area contributed by atoms with Gasteiger partial charge in [-0.3, -0.25) is 4.79 Å². The number of hydrogen-bond acceptors (Lipinski definition) is 4. The fourth-order valence-electron chi connectivity index (χ4n) is 1.15. The summed E-state index contributed by atoms with van der Waals surface area (Å²) in [5.41, 5.74) is -0.533. The molecule has 0 aromatic heterocycles. The second-order valence-electron chi connectivity index (χ2n) is 5.78. The molecule has 0 fully saturated rings. The summed E-state index contributed by atoms with van der Waals surface area (Å²) in [6.45, 7) is 10.7. The number of aliphatic hydroxyl groups excluding tert-OH is 1. The normalized spacial score (nSPS) is 12.2. The van der Waals surface area contributed by atoms with Gasteiger partial charge in [-0.1, -0.05) is 6.92 Å². The van der Waals surface area contributed by atoms with Crippen LogP contribution in [0.15, 0.2) is 0 Å². The fourth-order valence-corrected chi connectivity index (χ4v) is 1.15. The maximum atomic E-state index is 11.4. The summed E-state index contributed by atoms with van der Waals surface area (Å²) in [4.78, 5) is 21.8. The maximum absolute atomic E-state index is 11.4. The predicted molar refractivity (Wildman–Crippen MR) is 77.7 cm³/mol. The Labute approximate surface area is 121 Å². The first-order chi connectivity index (χ1) is 8.97. The largest absolute Gasteiger partial charge is 0.481 e. The first-order valence-corrected chi connectivity index (χ1v) is 6.87. The molecular weight excluding hydrogens is 262 g/mol. The van der Waals surface area contributed by atoms with E-state index in [1.54, 1.807) is 34.6 Å². The summed E-state index contributed by atoms with van der Waals surface area (Å²) in [5, 5.41) is 19.2. The first-order valence-electron chi connectivity index (χ1n) is 6.87. The van der Waals surface area contributed by atoms with Crippen LogP contribution in [-0.2, 0) is 9.53 Å². The number of rotatable bonds is 5. The van der Waals surface area contributed by atoms with Gasteiger partial charge in [-0.2, -0.15) is 0 Å². The molecule has 0 rings (SSSR count). The van der Waals surface area contributed by atoms with E-state index in [1.807, 2.05) is 6.92 Å².